The van der Waals surface area contributed by atoms with Crippen LogP contribution in [0.25, 0.3) is 33.3 Å². The summed E-state index contributed by atoms with van der Waals surface area (Å²) in [6.07, 6.45) is 2.45. The first-order valence-corrected chi connectivity index (χ1v) is 9.79. The zero-order valence-electron chi connectivity index (χ0n) is 16.8. The van der Waals surface area contributed by atoms with Crippen LogP contribution in [0.2, 0.25) is 5.02 Å². The fourth-order valence-electron chi connectivity index (χ4n) is 3.52. The Kier molecular flexibility index (Phi) is 5.70. The van der Waals surface area contributed by atoms with E-state index in [1.54, 1.807) is 29.1 Å². The average Bonchev–Trinajstić information content (AvgIpc) is 3.35. The first-order chi connectivity index (χ1) is 15.1. The molecule has 5 rings (SSSR count). The van der Waals surface area contributed by atoms with Crippen molar-refractivity contribution in [2.75, 3.05) is 7.11 Å². The molecule has 0 atom stereocenters. The van der Waals surface area contributed by atoms with Gasteiger partial charge in [-0.15, -0.1) is 0 Å². The van der Waals surface area contributed by atoms with Gasteiger partial charge in [0.2, 0.25) is 0 Å². The number of aliphatic hydroxyl groups is 1. The van der Waals surface area contributed by atoms with E-state index in [0.717, 1.165) is 41.2 Å². The number of aromatic nitrogens is 4. The normalized spacial score (nSPS) is 10.7. The van der Waals surface area contributed by atoms with E-state index in [9.17, 15) is 4.79 Å². The molecular formula is C23H19ClN4O3. The van der Waals surface area contributed by atoms with Crippen LogP contribution in [-0.2, 0) is 7.05 Å². The molecule has 0 unspecified atom stereocenters. The summed E-state index contributed by atoms with van der Waals surface area (Å²) in [6, 6.07) is 16.6. The summed E-state index contributed by atoms with van der Waals surface area (Å²) in [4.78, 5) is 19.0. The largest absolute Gasteiger partial charge is 0.455 e. The van der Waals surface area contributed by atoms with E-state index >= 15 is 0 Å². The van der Waals surface area contributed by atoms with Gasteiger partial charge in [-0.2, -0.15) is 5.10 Å². The Hall–Kier alpha value is -3.68. The summed E-state index contributed by atoms with van der Waals surface area (Å²) in [6.45, 7) is 0. The van der Waals surface area contributed by atoms with E-state index in [4.69, 9.17) is 21.4 Å². The summed E-state index contributed by atoms with van der Waals surface area (Å²) in [7, 11) is 2.87. The van der Waals surface area contributed by atoms with Crippen molar-refractivity contribution in [1.82, 2.24) is 19.7 Å². The minimum atomic E-state index is 0.567. The van der Waals surface area contributed by atoms with Crippen molar-refractivity contribution in [2.24, 2.45) is 7.05 Å². The number of hydrogen-bond acceptors (Lipinski definition) is 5. The molecule has 156 valence electrons. The lowest BCUT2D eigenvalue weighted by atomic mass is 10.1. The molecule has 8 heteroatoms. The number of rotatable bonds is 4. The maximum atomic E-state index is 11.3. The molecule has 31 heavy (non-hydrogen) atoms. The number of fused-ring (bicyclic) bond motifs is 2. The third-order valence-corrected chi connectivity index (χ3v) is 5.02. The van der Waals surface area contributed by atoms with Gasteiger partial charge in [-0.1, -0.05) is 29.8 Å². The van der Waals surface area contributed by atoms with Crippen molar-refractivity contribution in [1.29, 1.82) is 0 Å². The number of nitrogens with zero attached hydrogens (tertiary/aromatic N) is 3. The van der Waals surface area contributed by atoms with Gasteiger partial charge < -0.3 is 14.8 Å². The van der Waals surface area contributed by atoms with Gasteiger partial charge in [0.05, 0.1) is 22.4 Å². The summed E-state index contributed by atoms with van der Waals surface area (Å²) in [5.41, 5.74) is 4.44. The molecule has 3 heterocycles. The fourth-order valence-corrected chi connectivity index (χ4v) is 3.70. The van der Waals surface area contributed by atoms with Crippen LogP contribution in [0.15, 0.2) is 60.8 Å². The van der Waals surface area contributed by atoms with E-state index < -0.39 is 0 Å². The molecule has 2 aromatic carbocycles. The Morgan fingerprint density at radius 3 is 2.71 bits per heavy atom. The van der Waals surface area contributed by atoms with Crippen molar-refractivity contribution in [2.45, 2.75) is 0 Å². The van der Waals surface area contributed by atoms with Gasteiger partial charge in [0, 0.05) is 36.3 Å². The number of carbonyl (C=O) groups excluding carboxylic acids is 1. The molecule has 0 aliphatic carbocycles. The highest BCUT2D eigenvalue weighted by molar-refractivity contribution is 6.30. The third kappa shape index (κ3) is 3.76. The zero-order chi connectivity index (χ0) is 22.0. The Bertz CT molecular complexity index is 1390. The first-order valence-electron chi connectivity index (χ1n) is 9.41. The van der Waals surface area contributed by atoms with Gasteiger partial charge in [0.15, 0.2) is 12.0 Å². The van der Waals surface area contributed by atoms with Crippen molar-refractivity contribution in [3.05, 3.63) is 71.4 Å². The molecule has 0 aliphatic heterocycles. The highest BCUT2D eigenvalue weighted by Gasteiger charge is 2.18. The molecule has 0 saturated heterocycles. The number of nitrogens with one attached hydrogen (secondary N) is 1. The molecule has 5 aromatic rings. The lowest BCUT2D eigenvalue weighted by Gasteiger charge is -2.06. The van der Waals surface area contributed by atoms with E-state index in [1.165, 1.54) is 0 Å². The molecular weight excluding hydrogens is 416 g/mol. The number of ether oxygens (including phenoxy) is 1. The lowest BCUT2D eigenvalue weighted by Crippen LogP contribution is -1.93. The topological polar surface area (TPSA) is 93.0 Å². The standard InChI is InChI=1S/C22H15ClN4O2.CH4O/c1-27-22(18-11-17-20(25-18)13(12-28)8-9-24-17)16-6-3-7-19(21(16)26-27)29-15-5-2-4-14(23)10-15;1-2/h2-12,25H,1H3;2H,1H3. The third-order valence-electron chi connectivity index (χ3n) is 4.79. The van der Waals surface area contributed by atoms with Crippen LogP contribution < -0.4 is 4.74 Å². The molecule has 0 amide bonds. The number of H-pyrrole nitrogens is 1. The summed E-state index contributed by atoms with van der Waals surface area (Å²) < 4.78 is 7.84. The van der Waals surface area contributed by atoms with Crippen molar-refractivity contribution in [3.63, 3.8) is 0 Å². The number of carbonyl (C=O) groups is 1. The molecule has 0 aliphatic rings. The van der Waals surface area contributed by atoms with Gasteiger partial charge in [0.1, 0.15) is 11.3 Å². The number of pyridine rings is 1. The maximum Gasteiger partial charge on any atom is 0.155 e. The average molecular weight is 435 g/mol. The molecule has 0 radical (unpaired) electrons. The first kappa shape index (κ1) is 20.6. The Balaban J connectivity index is 0.00000112. The fraction of sp³-hybridized carbons (Fsp3) is 0.0870. The van der Waals surface area contributed by atoms with Crippen LogP contribution in [0.1, 0.15) is 10.4 Å². The monoisotopic (exact) mass is 434 g/mol. The number of aldehydes is 1. The number of aryl methyl sites for hydroxylation is 1. The summed E-state index contributed by atoms with van der Waals surface area (Å²) in [5.74, 6) is 1.28. The van der Waals surface area contributed by atoms with E-state index in [1.807, 2.05) is 43.4 Å². The van der Waals surface area contributed by atoms with Gasteiger partial charge in [-0.05, 0) is 36.4 Å². The molecule has 0 spiro atoms. The predicted molar refractivity (Wildman–Crippen MR) is 121 cm³/mol. The molecule has 0 fully saturated rings. The second-order valence-corrected chi connectivity index (χ2v) is 7.08. The number of halogens is 1. The SMILES string of the molecule is CO.Cn1nc2c(Oc3cccc(Cl)c3)cccc2c1-c1cc2nccc(C=O)c2[nH]1. The number of hydrogen-bond donors (Lipinski definition) is 2. The second-order valence-electron chi connectivity index (χ2n) is 6.65. The van der Waals surface area contributed by atoms with Crippen LogP contribution in [0.3, 0.4) is 0 Å². The van der Waals surface area contributed by atoms with Crippen LogP contribution in [0, 0.1) is 0 Å². The summed E-state index contributed by atoms with van der Waals surface area (Å²) >= 11 is 6.07. The molecule has 0 bridgehead atoms. The van der Waals surface area contributed by atoms with Crippen LogP contribution in [-0.4, -0.2) is 38.3 Å². The second kappa shape index (κ2) is 8.59. The zero-order valence-corrected chi connectivity index (χ0v) is 17.6. The highest BCUT2D eigenvalue weighted by Crippen LogP contribution is 2.36. The molecule has 0 saturated carbocycles. The smallest absolute Gasteiger partial charge is 0.155 e. The van der Waals surface area contributed by atoms with Crippen molar-refractivity contribution < 1.29 is 14.6 Å². The quantitative estimate of drug-likeness (QED) is 0.389. The van der Waals surface area contributed by atoms with Gasteiger partial charge in [0.25, 0.3) is 0 Å². The minimum absolute atomic E-state index is 0.567. The van der Waals surface area contributed by atoms with Gasteiger partial charge in [-0.3, -0.25) is 14.5 Å². The summed E-state index contributed by atoms with van der Waals surface area (Å²) in [5, 5.41) is 13.2. The number of aliphatic hydroxyl groups excluding tert-OH is 1. The number of aromatic amines is 1. The van der Waals surface area contributed by atoms with Gasteiger partial charge in [-0.25, -0.2) is 0 Å². The number of benzene rings is 2. The minimum Gasteiger partial charge on any atom is -0.455 e. The predicted octanol–water partition coefficient (Wildman–Crippen LogP) is 4.98. The Morgan fingerprint density at radius 1 is 1.13 bits per heavy atom. The maximum absolute atomic E-state index is 11.3. The Labute approximate surface area is 182 Å². The van der Waals surface area contributed by atoms with E-state index in [0.29, 0.717) is 27.6 Å². The van der Waals surface area contributed by atoms with Crippen LogP contribution in [0.5, 0.6) is 11.5 Å². The van der Waals surface area contributed by atoms with Crippen LogP contribution >= 0.6 is 11.6 Å². The van der Waals surface area contributed by atoms with Crippen molar-refractivity contribution >= 4 is 39.8 Å². The van der Waals surface area contributed by atoms with Gasteiger partial charge >= 0.3 is 0 Å². The van der Waals surface area contributed by atoms with Crippen molar-refractivity contribution in [3.8, 4) is 22.9 Å². The molecule has 2 N–H and O–H groups in total. The highest BCUT2D eigenvalue weighted by atomic mass is 35.5. The lowest BCUT2D eigenvalue weighted by molar-refractivity contribution is 0.112. The Morgan fingerprint density at radius 2 is 1.94 bits per heavy atom. The molecule has 3 aromatic heterocycles. The molecule has 7 nitrogen and oxygen atoms in total. The van der Waals surface area contributed by atoms with E-state index in [-0.39, 0.29) is 0 Å². The van der Waals surface area contributed by atoms with E-state index in [2.05, 4.69) is 15.1 Å². The van der Waals surface area contributed by atoms with Crippen LogP contribution in [0.4, 0.5) is 0 Å².